The van der Waals surface area contributed by atoms with Crippen molar-refractivity contribution in [3.05, 3.63) is 0 Å². The molecule has 1 saturated heterocycles. The molecule has 0 aliphatic carbocycles. The maximum atomic E-state index is 11.9. The van der Waals surface area contributed by atoms with Crippen molar-refractivity contribution in [2.45, 2.75) is 52.5 Å². The largest absolute Gasteiger partial charge is 0.466 e. The Kier molecular flexibility index (Phi) is 5.32. The van der Waals surface area contributed by atoms with Crippen LogP contribution in [-0.4, -0.2) is 41.9 Å². The molecule has 0 N–H and O–H groups in total. The summed E-state index contributed by atoms with van der Waals surface area (Å²) in [5, 5.41) is 0. The highest BCUT2D eigenvalue weighted by Crippen LogP contribution is 2.25. The van der Waals surface area contributed by atoms with Gasteiger partial charge in [0.2, 0.25) is 0 Å². The molecular weight excluding hydrogens is 230 g/mol. The molecule has 1 heterocycles. The molecule has 0 aromatic rings. The Balaban J connectivity index is 2.39. The van der Waals surface area contributed by atoms with Gasteiger partial charge in [-0.1, -0.05) is 0 Å². The van der Waals surface area contributed by atoms with E-state index in [0.29, 0.717) is 6.61 Å². The molecule has 1 aliphatic heterocycles. The average molecular weight is 255 g/mol. The van der Waals surface area contributed by atoms with Crippen LogP contribution in [0.4, 0.5) is 0 Å². The first-order chi connectivity index (χ1) is 8.34. The number of carbonyl (C=O) groups excluding carboxylic acids is 2. The van der Waals surface area contributed by atoms with Gasteiger partial charge in [0.15, 0.2) is 0 Å². The fourth-order valence-electron chi connectivity index (χ4n) is 2.37. The summed E-state index contributed by atoms with van der Waals surface area (Å²) in [6.45, 7) is 10.5. The predicted octanol–water partition coefficient (Wildman–Crippen LogP) is 2.02. The van der Waals surface area contributed by atoms with E-state index < -0.39 is 0 Å². The van der Waals surface area contributed by atoms with E-state index in [1.54, 1.807) is 6.92 Å². The number of likely N-dealkylation sites (tertiary alicyclic amines) is 1. The molecule has 0 amide bonds. The number of carbonyl (C=O) groups is 2. The zero-order valence-corrected chi connectivity index (χ0v) is 12.0. The number of rotatable bonds is 4. The van der Waals surface area contributed by atoms with Gasteiger partial charge >= 0.3 is 5.97 Å². The van der Waals surface area contributed by atoms with E-state index in [-0.39, 0.29) is 29.6 Å². The van der Waals surface area contributed by atoms with Crippen LogP contribution in [-0.2, 0) is 14.3 Å². The van der Waals surface area contributed by atoms with Crippen molar-refractivity contribution in [3.63, 3.8) is 0 Å². The van der Waals surface area contributed by atoms with Gasteiger partial charge in [0.05, 0.1) is 6.61 Å². The summed E-state index contributed by atoms with van der Waals surface area (Å²) < 4.78 is 4.81. The van der Waals surface area contributed by atoms with Crippen LogP contribution in [0.3, 0.4) is 0 Å². The van der Waals surface area contributed by atoms with Crippen molar-refractivity contribution in [2.24, 2.45) is 5.92 Å². The van der Waals surface area contributed by atoms with Crippen LogP contribution in [0, 0.1) is 5.92 Å². The lowest BCUT2D eigenvalue weighted by Crippen LogP contribution is -2.47. The Bertz CT molecular complexity index is 299. The third kappa shape index (κ3) is 4.41. The molecule has 0 aromatic heterocycles. The summed E-state index contributed by atoms with van der Waals surface area (Å²) in [5.41, 5.74) is 0.162. The van der Waals surface area contributed by atoms with Crippen LogP contribution >= 0.6 is 0 Å². The van der Waals surface area contributed by atoms with Crippen LogP contribution in [0.15, 0.2) is 0 Å². The summed E-state index contributed by atoms with van der Waals surface area (Å²) in [6, 6.07) is 0. The predicted molar refractivity (Wildman–Crippen MR) is 70.3 cm³/mol. The molecule has 4 heteroatoms. The minimum atomic E-state index is -0.388. The number of hydrogen-bond donors (Lipinski definition) is 0. The Hall–Kier alpha value is -0.900. The number of ether oxygens (including phenoxy) is 1. The molecule has 1 aliphatic rings. The van der Waals surface area contributed by atoms with Crippen molar-refractivity contribution in [2.75, 3.05) is 19.7 Å². The Labute approximate surface area is 110 Å². The molecule has 0 unspecified atom stereocenters. The number of piperidine rings is 1. The molecule has 104 valence electrons. The first-order valence-corrected chi connectivity index (χ1v) is 6.78. The SMILES string of the molecule is CCOC(=O)CC(=O)C1CCN(C(C)(C)C)CC1. The number of ketones is 1. The minimum absolute atomic E-state index is 0.0352. The summed E-state index contributed by atoms with van der Waals surface area (Å²) >= 11 is 0. The lowest BCUT2D eigenvalue weighted by molar-refractivity contribution is -0.146. The second-order valence-corrected chi connectivity index (χ2v) is 5.88. The van der Waals surface area contributed by atoms with Gasteiger partial charge in [0.1, 0.15) is 12.2 Å². The van der Waals surface area contributed by atoms with Gasteiger partial charge in [-0.3, -0.25) is 14.5 Å². The maximum Gasteiger partial charge on any atom is 0.313 e. The molecule has 0 spiro atoms. The van der Waals surface area contributed by atoms with E-state index in [1.165, 1.54) is 0 Å². The maximum absolute atomic E-state index is 11.9. The number of nitrogens with zero attached hydrogens (tertiary/aromatic N) is 1. The van der Waals surface area contributed by atoms with Crippen LogP contribution in [0.5, 0.6) is 0 Å². The van der Waals surface area contributed by atoms with Crippen molar-refractivity contribution in [1.29, 1.82) is 0 Å². The zero-order valence-electron chi connectivity index (χ0n) is 12.0. The summed E-state index contributed by atoms with van der Waals surface area (Å²) in [5.74, 6) is -0.309. The van der Waals surface area contributed by atoms with Crippen molar-refractivity contribution in [1.82, 2.24) is 4.90 Å². The molecule has 0 saturated carbocycles. The third-order valence-corrected chi connectivity index (χ3v) is 3.52. The zero-order chi connectivity index (χ0) is 13.8. The fraction of sp³-hybridized carbons (Fsp3) is 0.857. The Morgan fingerprint density at radius 3 is 2.22 bits per heavy atom. The summed E-state index contributed by atoms with van der Waals surface area (Å²) in [7, 11) is 0. The van der Waals surface area contributed by atoms with Gasteiger partial charge in [0.25, 0.3) is 0 Å². The van der Waals surface area contributed by atoms with E-state index in [4.69, 9.17) is 4.74 Å². The van der Waals surface area contributed by atoms with E-state index in [2.05, 4.69) is 25.7 Å². The molecule has 0 radical (unpaired) electrons. The third-order valence-electron chi connectivity index (χ3n) is 3.52. The standard InChI is InChI=1S/C14H25NO3/c1-5-18-13(17)10-12(16)11-6-8-15(9-7-11)14(2,3)4/h11H,5-10H2,1-4H3. The van der Waals surface area contributed by atoms with Crippen LogP contribution < -0.4 is 0 Å². The molecule has 0 aromatic carbocycles. The number of hydrogen-bond acceptors (Lipinski definition) is 4. The van der Waals surface area contributed by atoms with E-state index in [0.717, 1.165) is 25.9 Å². The topological polar surface area (TPSA) is 46.6 Å². The van der Waals surface area contributed by atoms with Gasteiger partial charge in [-0.05, 0) is 53.6 Å². The molecule has 0 atom stereocenters. The first kappa shape index (κ1) is 15.2. The summed E-state index contributed by atoms with van der Waals surface area (Å²) in [6.07, 6.45) is 1.65. The van der Waals surface area contributed by atoms with Crippen LogP contribution in [0.25, 0.3) is 0 Å². The molecular formula is C14H25NO3. The van der Waals surface area contributed by atoms with Gasteiger partial charge < -0.3 is 4.74 Å². The Morgan fingerprint density at radius 1 is 1.22 bits per heavy atom. The van der Waals surface area contributed by atoms with E-state index in [1.807, 2.05) is 0 Å². The minimum Gasteiger partial charge on any atom is -0.466 e. The van der Waals surface area contributed by atoms with Crippen LogP contribution in [0.1, 0.15) is 47.0 Å². The van der Waals surface area contributed by atoms with Crippen molar-refractivity contribution >= 4 is 11.8 Å². The lowest BCUT2D eigenvalue weighted by Gasteiger charge is -2.40. The van der Waals surface area contributed by atoms with Gasteiger partial charge in [-0.15, -0.1) is 0 Å². The fourth-order valence-corrected chi connectivity index (χ4v) is 2.37. The lowest BCUT2D eigenvalue weighted by atomic mass is 9.89. The number of Topliss-reactive ketones (excluding diaryl/α,β-unsaturated/α-hetero) is 1. The second-order valence-electron chi connectivity index (χ2n) is 5.88. The molecule has 18 heavy (non-hydrogen) atoms. The first-order valence-electron chi connectivity index (χ1n) is 6.78. The average Bonchev–Trinajstić information content (AvgIpc) is 2.28. The highest BCUT2D eigenvalue weighted by Gasteiger charge is 2.30. The van der Waals surface area contributed by atoms with Crippen molar-refractivity contribution in [3.8, 4) is 0 Å². The highest BCUT2D eigenvalue weighted by atomic mass is 16.5. The van der Waals surface area contributed by atoms with E-state index >= 15 is 0 Å². The molecule has 1 fully saturated rings. The normalized spacial score (nSPS) is 18.7. The van der Waals surface area contributed by atoms with Gasteiger partial charge in [-0.25, -0.2) is 0 Å². The molecule has 0 bridgehead atoms. The molecule has 1 rings (SSSR count). The van der Waals surface area contributed by atoms with Crippen molar-refractivity contribution < 1.29 is 14.3 Å². The summed E-state index contributed by atoms with van der Waals surface area (Å²) in [4.78, 5) is 25.6. The highest BCUT2D eigenvalue weighted by molar-refractivity contribution is 5.96. The van der Waals surface area contributed by atoms with Gasteiger partial charge in [0, 0.05) is 11.5 Å². The molecule has 4 nitrogen and oxygen atoms in total. The second kappa shape index (κ2) is 6.32. The van der Waals surface area contributed by atoms with Gasteiger partial charge in [-0.2, -0.15) is 0 Å². The van der Waals surface area contributed by atoms with Crippen LogP contribution in [0.2, 0.25) is 0 Å². The number of esters is 1. The van der Waals surface area contributed by atoms with E-state index in [9.17, 15) is 9.59 Å². The Morgan fingerprint density at radius 2 is 1.78 bits per heavy atom. The monoisotopic (exact) mass is 255 g/mol. The smallest absolute Gasteiger partial charge is 0.313 e. The quantitative estimate of drug-likeness (QED) is 0.569.